The van der Waals surface area contributed by atoms with Crippen LogP contribution in [0.5, 0.6) is 0 Å². The summed E-state index contributed by atoms with van der Waals surface area (Å²) in [5.41, 5.74) is 0. The van der Waals surface area contributed by atoms with Gasteiger partial charge in [0, 0.05) is 0 Å². The molecule has 0 amide bonds. The molecular formula is C3H5O. The summed E-state index contributed by atoms with van der Waals surface area (Å²) in [6.45, 7) is 3.19. The molecule has 0 heterocycles. The van der Waals surface area contributed by atoms with E-state index >= 15 is 0 Å². The lowest BCUT2D eigenvalue weighted by molar-refractivity contribution is 0.396. The average Bonchev–Trinajstić information content (AvgIpc) is 1.37. The molecule has 0 N–H and O–H groups in total. The Balaban J connectivity index is 2.30. The lowest BCUT2D eigenvalue weighted by atomic mass is 11.2. The predicted molar refractivity (Wildman–Crippen MR) is 16.6 cm³/mol. The number of rotatable bonds is 1. The topological polar surface area (TPSA) is 9.23 Å². The van der Waals surface area contributed by atoms with Gasteiger partial charge in [-0.15, -0.1) is 0 Å². The van der Waals surface area contributed by atoms with Crippen LogP contribution in [0.25, 0.3) is 0 Å². The first-order chi connectivity index (χ1) is 1.91. The van der Waals surface area contributed by atoms with Crippen LogP contribution >= 0.6 is 0 Å². The van der Waals surface area contributed by atoms with E-state index < -0.39 is 0 Å². The molecule has 0 atom stereocenters. The zero-order valence-electron chi connectivity index (χ0n) is 2.40. The van der Waals surface area contributed by atoms with E-state index in [9.17, 15) is 0 Å². The Morgan fingerprint density at radius 3 is 2.00 bits per heavy atom. The maximum Gasteiger partial charge on any atom is 0.121 e. The van der Waals surface area contributed by atoms with Gasteiger partial charge in [0.05, 0.1) is 6.26 Å². The summed E-state index contributed by atoms with van der Waals surface area (Å²) in [5, 5.41) is 0. The second-order valence-electron chi connectivity index (χ2n) is 0.333. The van der Waals surface area contributed by atoms with Crippen LogP contribution in [0.2, 0.25) is 0 Å². The normalized spacial score (nSPS) is 5.25. The molecule has 0 unspecified atom stereocenters. The van der Waals surface area contributed by atoms with Crippen molar-refractivity contribution in [2.45, 2.75) is 0 Å². The fourth-order valence-corrected chi connectivity index (χ4v) is 0. The molecule has 0 aliphatic heterocycles. The van der Waals surface area contributed by atoms with Gasteiger partial charge in [0.15, 0.2) is 0 Å². The van der Waals surface area contributed by atoms with Crippen molar-refractivity contribution in [1.29, 1.82) is 0 Å². The number of ether oxygens (including phenoxy) is 1. The van der Waals surface area contributed by atoms with Crippen LogP contribution in [0.1, 0.15) is 0 Å². The standard InChI is InChI=1S/C3H5O/c1-3-4-2/h3H,1-2H2. The second-order valence-corrected chi connectivity index (χ2v) is 0.333. The van der Waals surface area contributed by atoms with E-state index in [4.69, 9.17) is 0 Å². The van der Waals surface area contributed by atoms with Crippen molar-refractivity contribution in [3.05, 3.63) is 20.0 Å². The minimum atomic E-state index is 1.26. The highest BCUT2D eigenvalue weighted by Crippen LogP contribution is 1.56. The van der Waals surface area contributed by atoms with Crippen molar-refractivity contribution >= 4 is 0 Å². The van der Waals surface area contributed by atoms with Crippen molar-refractivity contribution in [2.24, 2.45) is 0 Å². The molecule has 4 heavy (non-hydrogen) atoms. The summed E-state index contributed by atoms with van der Waals surface area (Å²) in [6.07, 6.45) is 1.26. The van der Waals surface area contributed by atoms with Crippen LogP contribution in [-0.4, -0.2) is 0 Å². The van der Waals surface area contributed by atoms with Gasteiger partial charge >= 0.3 is 0 Å². The van der Waals surface area contributed by atoms with Crippen LogP contribution in [0.15, 0.2) is 12.8 Å². The lowest BCUT2D eigenvalue weighted by Crippen LogP contribution is -1.47. The summed E-state index contributed by atoms with van der Waals surface area (Å²) in [4.78, 5) is 0. The lowest BCUT2D eigenvalue weighted by Gasteiger charge is -1.71. The molecule has 0 bridgehead atoms. The molecule has 0 aliphatic carbocycles. The first-order valence-electron chi connectivity index (χ1n) is 0.933. The van der Waals surface area contributed by atoms with Gasteiger partial charge < -0.3 is 4.74 Å². The van der Waals surface area contributed by atoms with Crippen LogP contribution < -0.4 is 0 Å². The number of hydrogen-bond donors (Lipinski definition) is 0. The highest BCUT2D eigenvalue weighted by molar-refractivity contribution is 4.45. The van der Waals surface area contributed by atoms with E-state index in [0.29, 0.717) is 0 Å². The molecule has 0 fully saturated rings. The third kappa shape index (κ3) is 1.54. The Morgan fingerprint density at radius 1 is 1.75 bits per heavy atom. The van der Waals surface area contributed by atoms with E-state index in [1.807, 2.05) is 0 Å². The minimum absolute atomic E-state index is 1.26. The van der Waals surface area contributed by atoms with Crippen molar-refractivity contribution in [2.75, 3.05) is 0 Å². The minimum Gasteiger partial charge on any atom is -0.498 e. The first-order valence-corrected chi connectivity index (χ1v) is 0.933. The van der Waals surface area contributed by atoms with Crippen molar-refractivity contribution in [3.63, 3.8) is 0 Å². The van der Waals surface area contributed by atoms with Gasteiger partial charge in [0.1, 0.15) is 7.11 Å². The number of hydrogen-bond acceptors (Lipinski definition) is 1. The van der Waals surface area contributed by atoms with Crippen LogP contribution in [0.3, 0.4) is 0 Å². The maximum absolute atomic E-state index is 4.06. The van der Waals surface area contributed by atoms with Gasteiger partial charge in [-0.1, -0.05) is 6.58 Å². The van der Waals surface area contributed by atoms with E-state index in [0.717, 1.165) is 0 Å². The smallest absolute Gasteiger partial charge is 0.121 e. The molecule has 23 valence electrons. The zero-order chi connectivity index (χ0) is 3.41. The highest BCUT2D eigenvalue weighted by Gasteiger charge is 1.37. The van der Waals surface area contributed by atoms with Gasteiger partial charge in [-0.05, 0) is 0 Å². The third-order valence-electron chi connectivity index (χ3n) is 0.118. The molecule has 1 nitrogen and oxygen atoms in total. The van der Waals surface area contributed by atoms with Crippen molar-refractivity contribution in [3.8, 4) is 0 Å². The van der Waals surface area contributed by atoms with Gasteiger partial charge in [0.2, 0.25) is 0 Å². The SMILES string of the molecule is [CH2]OC=C. The zero-order valence-corrected chi connectivity index (χ0v) is 2.40. The first kappa shape index (κ1) is 3.54. The Bertz CT molecular complexity index is 17.2. The predicted octanol–water partition coefficient (Wildman–Crippen LogP) is 0.938. The largest absolute Gasteiger partial charge is 0.498 e. The molecular weight excluding hydrogens is 52.0 g/mol. The molecule has 0 rings (SSSR count). The Labute approximate surface area is 25.9 Å². The Hall–Kier alpha value is -0.460. The molecule has 0 aliphatic rings. The van der Waals surface area contributed by atoms with Crippen LogP contribution in [0.4, 0.5) is 0 Å². The van der Waals surface area contributed by atoms with Crippen molar-refractivity contribution in [1.82, 2.24) is 0 Å². The summed E-state index contributed by atoms with van der Waals surface area (Å²) >= 11 is 0. The summed E-state index contributed by atoms with van der Waals surface area (Å²) in [6, 6.07) is 0. The molecule has 0 aromatic carbocycles. The highest BCUT2D eigenvalue weighted by atomic mass is 16.5. The molecule has 0 aromatic rings. The fourth-order valence-electron chi connectivity index (χ4n) is 0. The quantitative estimate of drug-likeness (QED) is 0.407. The molecule has 0 saturated carbocycles. The second kappa shape index (κ2) is 2.54. The average molecular weight is 57.1 g/mol. The van der Waals surface area contributed by atoms with E-state index in [1.165, 1.54) is 6.26 Å². The molecule has 0 spiro atoms. The van der Waals surface area contributed by atoms with Crippen molar-refractivity contribution < 1.29 is 4.74 Å². The van der Waals surface area contributed by atoms with Crippen LogP contribution in [0, 0.1) is 7.11 Å². The molecule has 1 heteroatoms. The van der Waals surface area contributed by atoms with Gasteiger partial charge in [0.25, 0.3) is 0 Å². The molecule has 1 radical (unpaired) electrons. The Kier molecular flexibility index (Phi) is 2.25. The molecule has 0 aromatic heterocycles. The third-order valence-corrected chi connectivity index (χ3v) is 0.118. The van der Waals surface area contributed by atoms with E-state index in [-0.39, 0.29) is 0 Å². The van der Waals surface area contributed by atoms with Crippen LogP contribution in [-0.2, 0) is 4.74 Å². The monoisotopic (exact) mass is 57.0 g/mol. The van der Waals surface area contributed by atoms with E-state index in [2.05, 4.69) is 18.4 Å². The summed E-state index contributed by atoms with van der Waals surface area (Å²) < 4.78 is 4.06. The maximum atomic E-state index is 4.06. The van der Waals surface area contributed by atoms with Gasteiger partial charge in [-0.3, -0.25) is 0 Å². The molecule has 0 saturated heterocycles. The van der Waals surface area contributed by atoms with Gasteiger partial charge in [-0.25, -0.2) is 0 Å². The van der Waals surface area contributed by atoms with E-state index in [1.54, 1.807) is 0 Å². The summed E-state index contributed by atoms with van der Waals surface area (Å²) in [7, 11) is 2.99. The van der Waals surface area contributed by atoms with Gasteiger partial charge in [-0.2, -0.15) is 0 Å². The Morgan fingerprint density at radius 2 is 2.00 bits per heavy atom. The fraction of sp³-hybridized carbons (Fsp3) is 0. The summed E-state index contributed by atoms with van der Waals surface area (Å²) in [5.74, 6) is 0.